The van der Waals surface area contributed by atoms with E-state index in [0.29, 0.717) is 5.92 Å². The van der Waals surface area contributed by atoms with Crippen LogP contribution in [0.2, 0.25) is 0 Å². The molecule has 3 rings (SSSR count). The molecule has 1 aromatic carbocycles. The quantitative estimate of drug-likeness (QED) is 0.866. The van der Waals surface area contributed by atoms with Crippen molar-refractivity contribution in [1.29, 1.82) is 0 Å². The zero-order valence-corrected chi connectivity index (χ0v) is 11.8. The molecule has 1 saturated heterocycles. The van der Waals surface area contributed by atoms with Crippen molar-refractivity contribution in [3.63, 3.8) is 0 Å². The lowest BCUT2D eigenvalue weighted by Gasteiger charge is -2.39. The van der Waals surface area contributed by atoms with Crippen molar-refractivity contribution in [1.82, 2.24) is 19.9 Å². The number of hydrogen-bond acceptors (Lipinski definition) is 3. The number of carbonyl (C=O) groups excluding carboxylic acids is 1. The van der Waals surface area contributed by atoms with Crippen molar-refractivity contribution in [2.24, 2.45) is 5.92 Å². The SMILES string of the molecule is O=C(c1cccc(Br)c1)N1CC(Cn2ccnn2)C1. The summed E-state index contributed by atoms with van der Waals surface area (Å²) in [6.07, 6.45) is 3.52. The van der Waals surface area contributed by atoms with Crippen LogP contribution in [0.4, 0.5) is 0 Å². The van der Waals surface area contributed by atoms with E-state index in [-0.39, 0.29) is 5.91 Å². The molecule has 1 aromatic heterocycles. The summed E-state index contributed by atoms with van der Waals surface area (Å²) in [5.41, 5.74) is 0.730. The van der Waals surface area contributed by atoms with Crippen molar-refractivity contribution >= 4 is 21.8 Å². The topological polar surface area (TPSA) is 51.0 Å². The van der Waals surface area contributed by atoms with Gasteiger partial charge in [0, 0.05) is 41.8 Å². The van der Waals surface area contributed by atoms with Crippen molar-refractivity contribution < 1.29 is 4.79 Å². The summed E-state index contributed by atoms with van der Waals surface area (Å²) < 4.78 is 2.74. The number of hydrogen-bond donors (Lipinski definition) is 0. The monoisotopic (exact) mass is 320 g/mol. The van der Waals surface area contributed by atoms with Gasteiger partial charge in [0.15, 0.2) is 0 Å². The standard InChI is InChI=1S/C13H13BrN4O/c14-12-3-1-2-11(6-12)13(19)17-7-10(8-17)9-18-5-4-15-16-18/h1-6,10H,7-9H2. The van der Waals surface area contributed by atoms with Crippen LogP contribution in [0.3, 0.4) is 0 Å². The maximum Gasteiger partial charge on any atom is 0.253 e. The van der Waals surface area contributed by atoms with Crippen LogP contribution >= 0.6 is 15.9 Å². The molecule has 6 heteroatoms. The first-order valence-electron chi connectivity index (χ1n) is 6.11. The summed E-state index contributed by atoms with van der Waals surface area (Å²) in [6.45, 7) is 2.39. The number of nitrogens with zero attached hydrogens (tertiary/aromatic N) is 4. The highest BCUT2D eigenvalue weighted by atomic mass is 79.9. The number of amides is 1. The Kier molecular flexibility index (Phi) is 3.33. The van der Waals surface area contributed by atoms with E-state index in [2.05, 4.69) is 26.2 Å². The fourth-order valence-electron chi connectivity index (χ4n) is 2.25. The van der Waals surface area contributed by atoms with E-state index in [1.165, 1.54) is 0 Å². The minimum Gasteiger partial charge on any atom is -0.338 e. The number of likely N-dealkylation sites (tertiary alicyclic amines) is 1. The Morgan fingerprint density at radius 2 is 2.26 bits per heavy atom. The van der Waals surface area contributed by atoms with Gasteiger partial charge in [-0.05, 0) is 18.2 Å². The van der Waals surface area contributed by atoms with Crippen LogP contribution < -0.4 is 0 Å². The second-order valence-corrected chi connectivity index (χ2v) is 5.63. The van der Waals surface area contributed by atoms with Crippen molar-refractivity contribution in [2.75, 3.05) is 13.1 Å². The molecule has 0 atom stereocenters. The van der Waals surface area contributed by atoms with E-state index < -0.39 is 0 Å². The van der Waals surface area contributed by atoms with Gasteiger partial charge in [-0.2, -0.15) is 0 Å². The maximum atomic E-state index is 12.2. The lowest BCUT2D eigenvalue weighted by molar-refractivity contribution is 0.0460. The largest absolute Gasteiger partial charge is 0.338 e. The molecule has 0 saturated carbocycles. The zero-order valence-electron chi connectivity index (χ0n) is 10.2. The van der Waals surface area contributed by atoms with Gasteiger partial charge in [0.25, 0.3) is 5.91 Å². The molecule has 0 radical (unpaired) electrons. The summed E-state index contributed by atoms with van der Waals surface area (Å²) in [7, 11) is 0. The van der Waals surface area contributed by atoms with Crippen molar-refractivity contribution in [3.05, 3.63) is 46.7 Å². The first kappa shape index (κ1) is 12.3. The molecular weight excluding hydrogens is 308 g/mol. The Bertz CT molecular complexity index is 578. The Labute approximate surface area is 119 Å². The summed E-state index contributed by atoms with van der Waals surface area (Å²) in [4.78, 5) is 14.1. The Morgan fingerprint density at radius 3 is 2.95 bits per heavy atom. The average molecular weight is 321 g/mol. The van der Waals surface area contributed by atoms with Crippen LogP contribution in [0.1, 0.15) is 10.4 Å². The third-order valence-corrected chi connectivity index (χ3v) is 3.73. The molecule has 0 bridgehead atoms. The number of benzene rings is 1. The highest BCUT2D eigenvalue weighted by molar-refractivity contribution is 9.10. The smallest absolute Gasteiger partial charge is 0.253 e. The van der Waals surface area contributed by atoms with E-state index in [1.54, 1.807) is 6.20 Å². The second kappa shape index (κ2) is 5.13. The molecular formula is C13H13BrN4O. The van der Waals surface area contributed by atoms with Crippen LogP contribution in [-0.2, 0) is 6.54 Å². The number of aromatic nitrogens is 3. The molecule has 0 aliphatic carbocycles. The average Bonchev–Trinajstić information content (AvgIpc) is 2.85. The summed E-state index contributed by atoms with van der Waals surface area (Å²) >= 11 is 3.38. The predicted molar refractivity (Wildman–Crippen MR) is 73.6 cm³/mol. The van der Waals surface area contributed by atoms with Crippen LogP contribution in [0.25, 0.3) is 0 Å². The molecule has 19 heavy (non-hydrogen) atoms. The predicted octanol–water partition coefficient (Wildman–Crippen LogP) is 1.81. The summed E-state index contributed by atoms with van der Waals surface area (Å²) in [5, 5.41) is 7.71. The molecule has 98 valence electrons. The summed E-state index contributed by atoms with van der Waals surface area (Å²) in [5.74, 6) is 0.564. The van der Waals surface area contributed by atoms with Gasteiger partial charge in [-0.15, -0.1) is 5.10 Å². The van der Waals surface area contributed by atoms with Gasteiger partial charge in [-0.3, -0.25) is 9.48 Å². The van der Waals surface area contributed by atoms with Crippen LogP contribution in [-0.4, -0.2) is 38.9 Å². The third-order valence-electron chi connectivity index (χ3n) is 3.23. The van der Waals surface area contributed by atoms with Gasteiger partial charge >= 0.3 is 0 Å². The normalized spacial score (nSPS) is 15.3. The molecule has 0 unspecified atom stereocenters. The minimum absolute atomic E-state index is 0.0936. The molecule has 1 aliphatic heterocycles. The fourth-order valence-corrected chi connectivity index (χ4v) is 2.65. The molecule has 1 fully saturated rings. The molecule has 0 spiro atoms. The highest BCUT2D eigenvalue weighted by Gasteiger charge is 2.31. The first-order chi connectivity index (χ1) is 9.22. The van der Waals surface area contributed by atoms with Crippen LogP contribution in [0, 0.1) is 5.92 Å². The molecule has 1 aliphatic rings. The van der Waals surface area contributed by atoms with E-state index >= 15 is 0 Å². The summed E-state index contributed by atoms with van der Waals surface area (Å²) in [6, 6.07) is 7.50. The first-order valence-corrected chi connectivity index (χ1v) is 6.90. The van der Waals surface area contributed by atoms with Gasteiger partial charge in [0.1, 0.15) is 0 Å². The van der Waals surface area contributed by atoms with E-state index in [0.717, 1.165) is 29.7 Å². The molecule has 5 nitrogen and oxygen atoms in total. The number of carbonyl (C=O) groups is 1. The molecule has 1 amide bonds. The third kappa shape index (κ3) is 2.68. The van der Waals surface area contributed by atoms with E-state index in [1.807, 2.05) is 40.0 Å². The maximum absolute atomic E-state index is 12.2. The van der Waals surface area contributed by atoms with Gasteiger partial charge in [-0.1, -0.05) is 27.2 Å². The van der Waals surface area contributed by atoms with Gasteiger partial charge in [-0.25, -0.2) is 0 Å². The Balaban J connectivity index is 1.57. The number of rotatable bonds is 3. The van der Waals surface area contributed by atoms with Gasteiger partial charge in [0.2, 0.25) is 0 Å². The molecule has 2 aromatic rings. The lowest BCUT2D eigenvalue weighted by Crippen LogP contribution is -2.51. The van der Waals surface area contributed by atoms with Crippen molar-refractivity contribution in [2.45, 2.75) is 6.54 Å². The lowest BCUT2D eigenvalue weighted by atomic mass is 9.99. The van der Waals surface area contributed by atoms with Crippen LogP contribution in [0.15, 0.2) is 41.1 Å². The van der Waals surface area contributed by atoms with Gasteiger partial charge in [0.05, 0.1) is 6.20 Å². The zero-order chi connectivity index (χ0) is 13.2. The molecule has 0 N–H and O–H groups in total. The Hall–Kier alpha value is -1.69. The number of halogens is 1. The highest BCUT2D eigenvalue weighted by Crippen LogP contribution is 2.21. The fraction of sp³-hybridized carbons (Fsp3) is 0.308. The van der Waals surface area contributed by atoms with Crippen molar-refractivity contribution in [3.8, 4) is 0 Å². The Morgan fingerprint density at radius 1 is 1.42 bits per heavy atom. The second-order valence-electron chi connectivity index (χ2n) is 4.71. The van der Waals surface area contributed by atoms with Gasteiger partial charge < -0.3 is 4.90 Å². The van der Waals surface area contributed by atoms with Crippen LogP contribution in [0.5, 0.6) is 0 Å². The minimum atomic E-state index is 0.0936. The van der Waals surface area contributed by atoms with E-state index in [9.17, 15) is 4.79 Å². The van der Waals surface area contributed by atoms with E-state index in [4.69, 9.17) is 0 Å². The molecule has 2 heterocycles.